The second kappa shape index (κ2) is 5.61. The van der Waals surface area contributed by atoms with Gasteiger partial charge in [-0.3, -0.25) is 4.79 Å². The lowest BCUT2D eigenvalue weighted by atomic mass is 10.0. The maximum atomic E-state index is 11.6. The summed E-state index contributed by atoms with van der Waals surface area (Å²) in [5.74, 6) is 2.70. The van der Waals surface area contributed by atoms with Crippen molar-refractivity contribution in [3.05, 3.63) is 0 Å². The summed E-state index contributed by atoms with van der Waals surface area (Å²) in [6.07, 6.45) is 1.86. The number of nitrogens with one attached hydrogen (secondary N) is 1. The summed E-state index contributed by atoms with van der Waals surface area (Å²) in [4.78, 5) is 11.6. The Morgan fingerprint density at radius 1 is 1.64 bits per heavy atom. The van der Waals surface area contributed by atoms with Crippen LogP contribution in [-0.2, 0) is 4.79 Å². The van der Waals surface area contributed by atoms with Crippen molar-refractivity contribution in [3.63, 3.8) is 0 Å². The summed E-state index contributed by atoms with van der Waals surface area (Å²) < 4.78 is 0. The van der Waals surface area contributed by atoms with Crippen molar-refractivity contribution in [2.45, 2.75) is 38.8 Å². The molecular formula is C10H20N2OS. The van der Waals surface area contributed by atoms with Crippen LogP contribution in [0.4, 0.5) is 0 Å². The first-order valence-corrected chi connectivity index (χ1v) is 6.38. The summed E-state index contributed by atoms with van der Waals surface area (Å²) in [6, 6.07) is 0.0197. The zero-order chi connectivity index (χ0) is 10.6. The van der Waals surface area contributed by atoms with Gasteiger partial charge in [-0.1, -0.05) is 13.8 Å². The topological polar surface area (TPSA) is 55.1 Å². The van der Waals surface area contributed by atoms with Crippen LogP contribution in [0.2, 0.25) is 0 Å². The van der Waals surface area contributed by atoms with Crippen molar-refractivity contribution in [2.75, 3.05) is 11.5 Å². The van der Waals surface area contributed by atoms with Gasteiger partial charge in [-0.05, 0) is 24.5 Å². The van der Waals surface area contributed by atoms with Crippen molar-refractivity contribution >= 4 is 17.7 Å². The Kier molecular flexibility index (Phi) is 4.75. The number of carbonyl (C=O) groups is 1. The van der Waals surface area contributed by atoms with Crippen LogP contribution in [-0.4, -0.2) is 29.5 Å². The minimum atomic E-state index is -0.333. The van der Waals surface area contributed by atoms with Crippen LogP contribution in [0.3, 0.4) is 0 Å². The average Bonchev–Trinajstić information content (AvgIpc) is 2.55. The molecule has 1 fully saturated rings. The highest BCUT2D eigenvalue weighted by atomic mass is 32.2. The molecule has 3 nitrogen and oxygen atoms in total. The van der Waals surface area contributed by atoms with Crippen molar-refractivity contribution in [1.82, 2.24) is 5.32 Å². The maximum absolute atomic E-state index is 11.6. The zero-order valence-corrected chi connectivity index (χ0v) is 9.77. The van der Waals surface area contributed by atoms with E-state index in [2.05, 4.69) is 19.2 Å². The lowest BCUT2D eigenvalue weighted by molar-refractivity contribution is -0.123. The van der Waals surface area contributed by atoms with Crippen LogP contribution < -0.4 is 11.1 Å². The monoisotopic (exact) mass is 216 g/mol. The molecule has 1 amide bonds. The minimum Gasteiger partial charge on any atom is -0.351 e. The van der Waals surface area contributed by atoms with E-state index in [4.69, 9.17) is 5.73 Å². The number of carbonyl (C=O) groups excluding carboxylic acids is 1. The van der Waals surface area contributed by atoms with E-state index in [1.165, 1.54) is 0 Å². The molecule has 3 N–H and O–H groups in total. The van der Waals surface area contributed by atoms with E-state index >= 15 is 0 Å². The van der Waals surface area contributed by atoms with Gasteiger partial charge in [0.05, 0.1) is 6.04 Å². The summed E-state index contributed by atoms with van der Waals surface area (Å²) in [6.45, 7) is 4.16. The van der Waals surface area contributed by atoms with Gasteiger partial charge in [0.25, 0.3) is 0 Å². The quantitative estimate of drug-likeness (QED) is 0.736. The fourth-order valence-electron chi connectivity index (χ4n) is 1.57. The SMILES string of the molecule is CC(C)C[C@H](N)C(=O)NC1CCSC1. The standard InChI is InChI=1S/C10H20N2OS/c1-7(2)5-9(11)10(13)12-8-3-4-14-6-8/h7-9H,3-6,11H2,1-2H3,(H,12,13)/t8?,9-/m0/s1. The molecule has 0 aromatic carbocycles. The maximum Gasteiger partial charge on any atom is 0.237 e. The highest BCUT2D eigenvalue weighted by Gasteiger charge is 2.21. The average molecular weight is 216 g/mol. The number of hydrogen-bond donors (Lipinski definition) is 2. The Morgan fingerprint density at radius 2 is 2.36 bits per heavy atom. The summed E-state index contributed by atoms with van der Waals surface area (Å²) in [7, 11) is 0. The van der Waals surface area contributed by atoms with Crippen LogP contribution in [0.1, 0.15) is 26.7 Å². The molecule has 0 aliphatic carbocycles. The number of thioether (sulfide) groups is 1. The second-order valence-corrected chi connectivity index (χ2v) is 5.45. The number of hydrogen-bond acceptors (Lipinski definition) is 3. The molecule has 14 heavy (non-hydrogen) atoms. The van der Waals surface area contributed by atoms with E-state index in [9.17, 15) is 4.79 Å². The third-order valence-electron chi connectivity index (χ3n) is 2.34. The van der Waals surface area contributed by atoms with Gasteiger partial charge in [-0.25, -0.2) is 0 Å². The Bertz CT molecular complexity index is 191. The summed E-state index contributed by atoms with van der Waals surface area (Å²) >= 11 is 1.89. The Labute approximate surface area is 90.2 Å². The molecule has 0 saturated carbocycles. The fraction of sp³-hybridized carbons (Fsp3) is 0.900. The molecule has 2 atom stereocenters. The van der Waals surface area contributed by atoms with Gasteiger partial charge in [0, 0.05) is 11.8 Å². The van der Waals surface area contributed by atoms with E-state index < -0.39 is 0 Å². The molecule has 0 aromatic rings. The Balaban J connectivity index is 2.25. The highest BCUT2D eigenvalue weighted by Crippen LogP contribution is 2.17. The lowest BCUT2D eigenvalue weighted by Gasteiger charge is -2.17. The van der Waals surface area contributed by atoms with Crippen molar-refractivity contribution in [1.29, 1.82) is 0 Å². The molecule has 82 valence electrons. The Hall–Kier alpha value is -0.220. The van der Waals surface area contributed by atoms with Crippen LogP contribution in [0.25, 0.3) is 0 Å². The van der Waals surface area contributed by atoms with E-state index in [0.717, 1.165) is 24.3 Å². The van der Waals surface area contributed by atoms with Gasteiger partial charge in [0.2, 0.25) is 5.91 Å². The van der Waals surface area contributed by atoms with Crippen molar-refractivity contribution < 1.29 is 4.79 Å². The predicted molar refractivity (Wildman–Crippen MR) is 61.3 cm³/mol. The van der Waals surface area contributed by atoms with E-state index in [0.29, 0.717) is 12.0 Å². The van der Waals surface area contributed by atoms with Gasteiger partial charge in [-0.15, -0.1) is 0 Å². The fourth-order valence-corrected chi connectivity index (χ4v) is 2.72. The molecule has 0 bridgehead atoms. The second-order valence-electron chi connectivity index (χ2n) is 4.31. The molecule has 4 heteroatoms. The lowest BCUT2D eigenvalue weighted by Crippen LogP contribution is -2.45. The molecular weight excluding hydrogens is 196 g/mol. The molecule has 0 aromatic heterocycles. The molecule has 0 radical (unpaired) electrons. The largest absolute Gasteiger partial charge is 0.351 e. The van der Waals surface area contributed by atoms with Crippen molar-refractivity contribution in [2.24, 2.45) is 11.7 Å². The highest BCUT2D eigenvalue weighted by molar-refractivity contribution is 7.99. The first-order valence-electron chi connectivity index (χ1n) is 5.23. The third kappa shape index (κ3) is 3.88. The first kappa shape index (κ1) is 11.9. The van der Waals surface area contributed by atoms with Gasteiger partial charge < -0.3 is 11.1 Å². The minimum absolute atomic E-state index is 0.0196. The van der Waals surface area contributed by atoms with Crippen LogP contribution in [0.15, 0.2) is 0 Å². The first-order chi connectivity index (χ1) is 6.59. The number of amides is 1. The molecule has 1 rings (SSSR count). The Morgan fingerprint density at radius 3 is 2.86 bits per heavy atom. The zero-order valence-electron chi connectivity index (χ0n) is 8.95. The number of nitrogens with two attached hydrogens (primary N) is 1. The molecule has 1 aliphatic heterocycles. The van der Waals surface area contributed by atoms with Gasteiger partial charge in [0.1, 0.15) is 0 Å². The van der Waals surface area contributed by atoms with Gasteiger partial charge in [-0.2, -0.15) is 11.8 Å². The van der Waals surface area contributed by atoms with Crippen LogP contribution >= 0.6 is 11.8 Å². The smallest absolute Gasteiger partial charge is 0.237 e. The summed E-state index contributed by atoms with van der Waals surface area (Å²) in [5.41, 5.74) is 5.78. The molecule has 1 heterocycles. The molecule has 1 aliphatic rings. The van der Waals surface area contributed by atoms with E-state index in [-0.39, 0.29) is 11.9 Å². The normalized spacial score (nSPS) is 23.9. The predicted octanol–water partition coefficient (Wildman–Crippen LogP) is 0.982. The molecule has 1 saturated heterocycles. The molecule has 0 spiro atoms. The molecule has 1 unspecified atom stereocenters. The van der Waals surface area contributed by atoms with Crippen LogP contribution in [0, 0.1) is 5.92 Å². The van der Waals surface area contributed by atoms with E-state index in [1.54, 1.807) is 0 Å². The van der Waals surface area contributed by atoms with E-state index in [1.807, 2.05) is 11.8 Å². The van der Waals surface area contributed by atoms with Gasteiger partial charge in [0.15, 0.2) is 0 Å². The van der Waals surface area contributed by atoms with Gasteiger partial charge >= 0.3 is 0 Å². The van der Waals surface area contributed by atoms with Crippen LogP contribution in [0.5, 0.6) is 0 Å². The third-order valence-corrected chi connectivity index (χ3v) is 3.50. The summed E-state index contributed by atoms with van der Waals surface area (Å²) in [5, 5.41) is 3.00. The number of rotatable bonds is 4. The van der Waals surface area contributed by atoms with Crippen molar-refractivity contribution in [3.8, 4) is 0 Å².